The van der Waals surface area contributed by atoms with Gasteiger partial charge < -0.3 is 9.73 Å². The van der Waals surface area contributed by atoms with Crippen molar-refractivity contribution in [3.05, 3.63) is 41.6 Å². The predicted octanol–water partition coefficient (Wildman–Crippen LogP) is 3.08. The van der Waals surface area contributed by atoms with Crippen molar-refractivity contribution < 1.29 is 9.21 Å². The summed E-state index contributed by atoms with van der Waals surface area (Å²) < 4.78 is 7.26. The van der Waals surface area contributed by atoms with Gasteiger partial charge in [0.25, 0.3) is 5.91 Å². The van der Waals surface area contributed by atoms with Crippen LogP contribution in [0, 0.1) is 0 Å². The third-order valence-corrected chi connectivity index (χ3v) is 3.84. The topological polar surface area (TPSA) is 60.1 Å². The summed E-state index contributed by atoms with van der Waals surface area (Å²) in [5.74, 6) is 1.33. The number of nitrogens with one attached hydrogen (secondary N) is 1. The molecule has 2 aromatic rings. The van der Waals surface area contributed by atoms with Crippen molar-refractivity contribution in [3.8, 4) is 0 Å². The van der Waals surface area contributed by atoms with Gasteiger partial charge in [0.05, 0.1) is 11.8 Å². The first-order chi connectivity index (χ1) is 10.4. The van der Waals surface area contributed by atoms with Gasteiger partial charge in [-0.15, -0.1) is 0 Å². The molecule has 0 atom stereocenters. The Morgan fingerprint density at radius 3 is 2.82 bits per heavy atom. The third-order valence-electron chi connectivity index (χ3n) is 3.84. The van der Waals surface area contributed by atoms with Crippen LogP contribution in [0.2, 0.25) is 0 Å². The fourth-order valence-corrected chi connectivity index (χ4v) is 2.56. The fraction of sp³-hybridized carbons (Fsp3) is 0.529. The van der Waals surface area contributed by atoms with Gasteiger partial charge in [-0.2, -0.15) is 5.10 Å². The Labute approximate surface area is 130 Å². The molecule has 1 aliphatic rings. The van der Waals surface area contributed by atoms with Crippen LogP contribution in [0.25, 0.3) is 0 Å². The largest absolute Gasteiger partial charge is 0.469 e. The van der Waals surface area contributed by atoms with E-state index in [1.54, 1.807) is 6.26 Å². The second-order valence-electron chi connectivity index (χ2n) is 6.90. The first-order valence-corrected chi connectivity index (χ1v) is 7.86. The molecule has 0 saturated heterocycles. The molecule has 0 radical (unpaired) electrons. The van der Waals surface area contributed by atoms with Gasteiger partial charge in [-0.3, -0.25) is 9.48 Å². The molecule has 0 bridgehead atoms. The number of hydrogen-bond acceptors (Lipinski definition) is 3. The minimum absolute atomic E-state index is 0.107. The van der Waals surface area contributed by atoms with Crippen molar-refractivity contribution in [2.45, 2.75) is 51.5 Å². The molecule has 3 rings (SSSR count). The molecule has 1 fully saturated rings. The molecule has 1 N–H and O–H groups in total. The number of amides is 1. The molecule has 2 aromatic heterocycles. The maximum absolute atomic E-state index is 12.3. The number of rotatable bonds is 5. The molecule has 1 saturated carbocycles. The van der Waals surface area contributed by atoms with Crippen molar-refractivity contribution in [2.75, 3.05) is 6.54 Å². The maximum Gasteiger partial charge on any atom is 0.271 e. The van der Waals surface area contributed by atoms with Crippen LogP contribution in [0.15, 0.2) is 28.9 Å². The van der Waals surface area contributed by atoms with Gasteiger partial charge in [-0.25, -0.2) is 0 Å². The van der Waals surface area contributed by atoms with Gasteiger partial charge in [0.2, 0.25) is 0 Å². The molecule has 1 amide bonds. The van der Waals surface area contributed by atoms with Gasteiger partial charge in [-0.05, 0) is 51.8 Å². The number of furan rings is 1. The van der Waals surface area contributed by atoms with Crippen LogP contribution in [0.1, 0.15) is 61.5 Å². The van der Waals surface area contributed by atoms with Crippen molar-refractivity contribution in [1.82, 2.24) is 15.1 Å². The number of aromatic nitrogens is 2. The third kappa shape index (κ3) is 3.24. The molecule has 2 heterocycles. The number of hydrogen-bond donors (Lipinski definition) is 1. The molecule has 0 aliphatic heterocycles. The second-order valence-corrected chi connectivity index (χ2v) is 6.90. The smallest absolute Gasteiger partial charge is 0.271 e. The Balaban J connectivity index is 1.67. The van der Waals surface area contributed by atoms with Crippen molar-refractivity contribution >= 4 is 5.91 Å². The summed E-state index contributed by atoms with van der Waals surface area (Å²) >= 11 is 0. The van der Waals surface area contributed by atoms with Gasteiger partial charge >= 0.3 is 0 Å². The van der Waals surface area contributed by atoms with E-state index in [1.807, 2.05) is 22.9 Å². The van der Waals surface area contributed by atoms with Gasteiger partial charge in [0, 0.05) is 24.6 Å². The molecule has 22 heavy (non-hydrogen) atoms. The molecular formula is C17H23N3O2. The lowest BCUT2D eigenvalue weighted by Crippen LogP contribution is -2.28. The normalized spacial score (nSPS) is 15.0. The summed E-state index contributed by atoms with van der Waals surface area (Å²) in [5, 5.41) is 7.45. The maximum atomic E-state index is 12.3. The summed E-state index contributed by atoms with van der Waals surface area (Å²) in [7, 11) is 0. The van der Waals surface area contributed by atoms with Crippen molar-refractivity contribution in [2.24, 2.45) is 0 Å². The molecule has 0 unspecified atom stereocenters. The molecule has 5 heteroatoms. The summed E-state index contributed by atoms with van der Waals surface area (Å²) in [6.45, 7) is 6.90. The van der Waals surface area contributed by atoms with E-state index in [1.165, 1.54) is 18.5 Å². The Hall–Kier alpha value is -2.04. The van der Waals surface area contributed by atoms with Gasteiger partial charge in [0.15, 0.2) is 0 Å². The fourth-order valence-electron chi connectivity index (χ4n) is 2.56. The van der Waals surface area contributed by atoms with Crippen LogP contribution in [0.4, 0.5) is 0 Å². The average Bonchev–Trinajstić information content (AvgIpc) is 2.99. The van der Waals surface area contributed by atoms with Crippen LogP contribution in [0.3, 0.4) is 0 Å². The molecule has 0 aromatic carbocycles. The minimum Gasteiger partial charge on any atom is -0.469 e. The zero-order chi connectivity index (χ0) is 15.7. The van der Waals surface area contributed by atoms with E-state index >= 15 is 0 Å². The summed E-state index contributed by atoms with van der Waals surface area (Å²) in [5.41, 5.74) is 1.59. The Kier molecular flexibility index (Phi) is 3.81. The van der Waals surface area contributed by atoms with E-state index in [2.05, 4.69) is 31.2 Å². The van der Waals surface area contributed by atoms with E-state index in [0.717, 1.165) is 5.76 Å². The van der Waals surface area contributed by atoms with E-state index < -0.39 is 0 Å². The van der Waals surface area contributed by atoms with E-state index in [0.29, 0.717) is 24.6 Å². The van der Waals surface area contributed by atoms with Crippen LogP contribution in [-0.2, 0) is 12.0 Å². The number of carbonyl (C=O) groups excluding carboxylic acids is 1. The standard InChI is InChI=1S/C17H23N3O2/c1-17(2,3)20-15(12-6-7-12)11-14(19-20)16(21)18-9-8-13-5-4-10-22-13/h4-5,10-12H,6-9H2,1-3H3,(H,18,21). The van der Waals surface area contributed by atoms with E-state index in [-0.39, 0.29) is 11.4 Å². The lowest BCUT2D eigenvalue weighted by atomic mass is 10.1. The van der Waals surface area contributed by atoms with Crippen LogP contribution < -0.4 is 5.32 Å². The zero-order valence-corrected chi connectivity index (χ0v) is 13.4. The molecule has 0 spiro atoms. The highest BCUT2D eigenvalue weighted by molar-refractivity contribution is 5.92. The van der Waals surface area contributed by atoms with Crippen LogP contribution in [0.5, 0.6) is 0 Å². The lowest BCUT2D eigenvalue weighted by Gasteiger charge is -2.22. The summed E-state index contributed by atoms with van der Waals surface area (Å²) in [6.07, 6.45) is 4.72. The Morgan fingerprint density at radius 1 is 1.45 bits per heavy atom. The van der Waals surface area contributed by atoms with Crippen molar-refractivity contribution in [1.29, 1.82) is 0 Å². The molecule has 5 nitrogen and oxygen atoms in total. The highest BCUT2D eigenvalue weighted by atomic mass is 16.3. The monoisotopic (exact) mass is 301 g/mol. The van der Waals surface area contributed by atoms with Crippen LogP contribution >= 0.6 is 0 Å². The van der Waals surface area contributed by atoms with Gasteiger partial charge in [0.1, 0.15) is 11.5 Å². The summed E-state index contributed by atoms with van der Waals surface area (Å²) in [4.78, 5) is 12.3. The first kappa shape index (κ1) is 14.9. The first-order valence-electron chi connectivity index (χ1n) is 7.86. The lowest BCUT2D eigenvalue weighted by molar-refractivity contribution is 0.0947. The predicted molar refractivity (Wildman–Crippen MR) is 83.9 cm³/mol. The quantitative estimate of drug-likeness (QED) is 0.923. The Morgan fingerprint density at radius 2 is 2.23 bits per heavy atom. The highest BCUT2D eigenvalue weighted by Gasteiger charge is 2.32. The highest BCUT2D eigenvalue weighted by Crippen LogP contribution is 2.41. The SMILES string of the molecule is CC(C)(C)n1nc(C(=O)NCCc2ccco2)cc1C1CC1. The number of nitrogens with zero attached hydrogens (tertiary/aromatic N) is 2. The van der Waals surface area contributed by atoms with Crippen LogP contribution in [-0.4, -0.2) is 22.2 Å². The zero-order valence-electron chi connectivity index (χ0n) is 13.4. The molecular weight excluding hydrogens is 278 g/mol. The average molecular weight is 301 g/mol. The number of carbonyl (C=O) groups is 1. The Bertz CT molecular complexity index is 646. The molecule has 118 valence electrons. The minimum atomic E-state index is -0.114. The molecule has 1 aliphatic carbocycles. The summed E-state index contributed by atoms with van der Waals surface area (Å²) in [6, 6.07) is 5.71. The van der Waals surface area contributed by atoms with Crippen molar-refractivity contribution in [3.63, 3.8) is 0 Å². The second kappa shape index (κ2) is 5.63. The van der Waals surface area contributed by atoms with E-state index in [4.69, 9.17) is 4.42 Å². The van der Waals surface area contributed by atoms with E-state index in [9.17, 15) is 4.79 Å². The van der Waals surface area contributed by atoms with Gasteiger partial charge in [-0.1, -0.05) is 0 Å².